The molecule has 6 heteroatoms. The van der Waals surface area contributed by atoms with Gasteiger partial charge in [0.1, 0.15) is 0 Å². The molecule has 0 aromatic carbocycles. The topological polar surface area (TPSA) is 69.5 Å². The summed E-state index contributed by atoms with van der Waals surface area (Å²) in [4.78, 5) is 10.2. The highest BCUT2D eigenvalue weighted by molar-refractivity contribution is 7.11. The number of nitrogens with one attached hydrogen (secondary N) is 2. The second kappa shape index (κ2) is 8.34. The van der Waals surface area contributed by atoms with Crippen LogP contribution in [0.1, 0.15) is 42.5 Å². The summed E-state index contributed by atoms with van der Waals surface area (Å²) in [5, 5.41) is 17.5. The highest BCUT2D eigenvalue weighted by Crippen LogP contribution is 2.18. The number of aryl methyl sites for hydroxylation is 1. The third-order valence-corrected chi connectivity index (χ3v) is 4.62. The lowest BCUT2D eigenvalue weighted by Gasteiger charge is -2.27. The van der Waals surface area contributed by atoms with Crippen molar-refractivity contribution >= 4 is 17.3 Å². The van der Waals surface area contributed by atoms with Gasteiger partial charge < -0.3 is 15.7 Å². The Bertz CT molecular complexity index is 452. The molecule has 0 atom stereocenters. The van der Waals surface area contributed by atoms with Gasteiger partial charge in [-0.1, -0.05) is 0 Å². The fourth-order valence-corrected chi connectivity index (χ4v) is 3.29. The Morgan fingerprint density at radius 1 is 1.43 bits per heavy atom. The number of aliphatic hydroxyl groups is 1. The maximum atomic E-state index is 9.55. The van der Waals surface area contributed by atoms with Crippen LogP contribution in [0.5, 0.6) is 0 Å². The van der Waals surface area contributed by atoms with E-state index in [1.165, 1.54) is 4.88 Å². The monoisotopic (exact) mass is 310 g/mol. The molecule has 0 saturated heterocycles. The van der Waals surface area contributed by atoms with Crippen LogP contribution in [-0.2, 0) is 6.42 Å². The molecule has 1 aromatic heterocycles. The van der Waals surface area contributed by atoms with E-state index >= 15 is 0 Å². The molecule has 21 heavy (non-hydrogen) atoms. The van der Waals surface area contributed by atoms with E-state index in [0.29, 0.717) is 6.04 Å². The van der Waals surface area contributed by atoms with Crippen LogP contribution in [0.25, 0.3) is 0 Å². The molecular formula is C15H26N4OS. The van der Waals surface area contributed by atoms with Crippen molar-refractivity contribution in [2.75, 3.05) is 13.1 Å². The third-order valence-electron chi connectivity index (χ3n) is 3.65. The number of aromatic nitrogens is 1. The predicted molar refractivity (Wildman–Crippen MR) is 87.9 cm³/mol. The number of guanidine groups is 1. The first-order valence-corrected chi connectivity index (χ1v) is 8.63. The molecule has 1 aliphatic carbocycles. The largest absolute Gasteiger partial charge is 0.393 e. The molecule has 1 aromatic rings. The van der Waals surface area contributed by atoms with Crippen LogP contribution in [-0.4, -0.2) is 41.3 Å². The molecule has 0 radical (unpaired) electrons. The summed E-state index contributed by atoms with van der Waals surface area (Å²) in [5.74, 6) is 0.882. The first-order valence-electron chi connectivity index (χ1n) is 7.81. The van der Waals surface area contributed by atoms with Crippen LogP contribution < -0.4 is 10.6 Å². The molecule has 1 fully saturated rings. The van der Waals surface area contributed by atoms with E-state index in [9.17, 15) is 5.11 Å². The van der Waals surface area contributed by atoms with Gasteiger partial charge in [-0.3, -0.25) is 4.99 Å². The Morgan fingerprint density at radius 3 is 2.81 bits per heavy atom. The maximum Gasteiger partial charge on any atom is 0.191 e. The van der Waals surface area contributed by atoms with Crippen LogP contribution in [0.2, 0.25) is 0 Å². The van der Waals surface area contributed by atoms with Crippen LogP contribution in [0.15, 0.2) is 11.2 Å². The van der Waals surface area contributed by atoms with E-state index in [2.05, 4.69) is 34.5 Å². The summed E-state index contributed by atoms with van der Waals surface area (Å²) in [6.45, 7) is 5.76. The van der Waals surface area contributed by atoms with Crippen molar-refractivity contribution in [3.63, 3.8) is 0 Å². The van der Waals surface area contributed by atoms with E-state index < -0.39 is 0 Å². The molecule has 118 valence electrons. The second-order valence-corrected chi connectivity index (χ2v) is 6.84. The van der Waals surface area contributed by atoms with Crippen molar-refractivity contribution in [1.82, 2.24) is 15.6 Å². The number of thiazole rings is 1. The minimum atomic E-state index is -0.115. The van der Waals surface area contributed by atoms with Crippen molar-refractivity contribution in [2.45, 2.75) is 58.1 Å². The zero-order valence-corrected chi connectivity index (χ0v) is 13.7. The van der Waals surface area contributed by atoms with Crippen molar-refractivity contribution < 1.29 is 5.11 Å². The highest BCUT2D eigenvalue weighted by atomic mass is 32.1. The lowest BCUT2D eigenvalue weighted by atomic mass is 9.93. The Morgan fingerprint density at radius 2 is 2.19 bits per heavy atom. The molecule has 0 amide bonds. The van der Waals surface area contributed by atoms with Gasteiger partial charge in [0.2, 0.25) is 0 Å². The van der Waals surface area contributed by atoms with Crippen LogP contribution >= 0.6 is 11.3 Å². The van der Waals surface area contributed by atoms with Crippen molar-refractivity contribution in [1.29, 1.82) is 0 Å². The SMILES string of the molecule is CCNC(=NCCc1ncc(C)s1)NC1CCC(O)CC1. The summed E-state index contributed by atoms with van der Waals surface area (Å²) in [6.07, 6.45) is 6.48. The Labute approximate surface area is 130 Å². The van der Waals surface area contributed by atoms with E-state index in [4.69, 9.17) is 0 Å². The molecule has 0 aliphatic heterocycles. The standard InChI is InChI=1S/C15H26N4OS/c1-3-16-15(19-12-4-6-13(20)7-5-12)17-9-8-14-18-10-11(2)21-14/h10,12-13,20H,3-9H2,1-2H3,(H2,16,17,19). The first-order chi connectivity index (χ1) is 10.2. The maximum absolute atomic E-state index is 9.55. The summed E-state index contributed by atoms with van der Waals surface area (Å²) in [6, 6.07) is 0.424. The zero-order chi connectivity index (χ0) is 15.1. The van der Waals surface area contributed by atoms with Crippen LogP contribution in [0, 0.1) is 6.92 Å². The molecular weight excluding hydrogens is 284 g/mol. The summed E-state index contributed by atoms with van der Waals surface area (Å²) >= 11 is 1.74. The van der Waals surface area contributed by atoms with Gasteiger partial charge in [0.15, 0.2) is 5.96 Å². The lowest BCUT2D eigenvalue weighted by Crippen LogP contribution is -2.45. The van der Waals surface area contributed by atoms with Crippen LogP contribution in [0.3, 0.4) is 0 Å². The van der Waals surface area contributed by atoms with Gasteiger partial charge in [0.25, 0.3) is 0 Å². The van der Waals surface area contributed by atoms with Crippen molar-refractivity contribution in [3.8, 4) is 0 Å². The van der Waals surface area contributed by atoms with E-state index in [1.807, 2.05) is 6.20 Å². The molecule has 2 rings (SSSR count). The molecule has 5 nitrogen and oxygen atoms in total. The molecule has 1 aliphatic rings. The molecule has 3 N–H and O–H groups in total. The smallest absolute Gasteiger partial charge is 0.191 e. The Balaban J connectivity index is 1.81. The normalized spacial score (nSPS) is 23.1. The van der Waals surface area contributed by atoms with Gasteiger partial charge in [-0.05, 0) is 39.5 Å². The Kier molecular flexibility index (Phi) is 6.45. The fraction of sp³-hybridized carbons (Fsp3) is 0.733. The van der Waals surface area contributed by atoms with E-state index in [1.54, 1.807) is 11.3 Å². The van der Waals surface area contributed by atoms with Gasteiger partial charge in [-0.25, -0.2) is 4.98 Å². The zero-order valence-electron chi connectivity index (χ0n) is 12.9. The van der Waals surface area contributed by atoms with Gasteiger partial charge in [-0.2, -0.15) is 0 Å². The number of rotatable bonds is 5. The number of hydrogen-bond donors (Lipinski definition) is 3. The quantitative estimate of drug-likeness (QED) is 0.573. The van der Waals surface area contributed by atoms with Crippen LogP contribution in [0.4, 0.5) is 0 Å². The molecule has 1 heterocycles. The van der Waals surface area contributed by atoms with Crippen molar-refractivity contribution in [2.24, 2.45) is 4.99 Å². The van der Waals surface area contributed by atoms with Gasteiger partial charge in [-0.15, -0.1) is 11.3 Å². The fourth-order valence-electron chi connectivity index (χ4n) is 2.51. The summed E-state index contributed by atoms with van der Waals surface area (Å²) < 4.78 is 0. The average molecular weight is 310 g/mol. The number of aliphatic hydroxyl groups excluding tert-OH is 1. The highest BCUT2D eigenvalue weighted by Gasteiger charge is 2.19. The van der Waals surface area contributed by atoms with Crippen molar-refractivity contribution in [3.05, 3.63) is 16.1 Å². The predicted octanol–water partition coefficient (Wildman–Crippen LogP) is 1.85. The Hall–Kier alpha value is -1.14. The molecule has 0 bridgehead atoms. The number of hydrogen-bond acceptors (Lipinski definition) is 4. The molecule has 0 unspecified atom stereocenters. The van der Waals surface area contributed by atoms with E-state index in [0.717, 1.165) is 56.2 Å². The van der Waals surface area contributed by atoms with Gasteiger partial charge in [0.05, 0.1) is 11.1 Å². The van der Waals surface area contributed by atoms with E-state index in [-0.39, 0.29) is 6.10 Å². The number of nitrogens with zero attached hydrogens (tertiary/aromatic N) is 2. The van der Waals surface area contributed by atoms with Gasteiger partial charge >= 0.3 is 0 Å². The first kappa shape index (κ1) is 16.2. The average Bonchev–Trinajstić information content (AvgIpc) is 2.87. The molecule has 0 spiro atoms. The molecule has 1 saturated carbocycles. The summed E-state index contributed by atoms with van der Waals surface area (Å²) in [7, 11) is 0. The number of aliphatic imine (C=N–C) groups is 1. The lowest BCUT2D eigenvalue weighted by molar-refractivity contribution is 0.120. The minimum Gasteiger partial charge on any atom is -0.393 e. The summed E-state index contributed by atoms with van der Waals surface area (Å²) in [5.41, 5.74) is 0. The van der Waals surface area contributed by atoms with Gasteiger partial charge in [0, 0.05) is 36.6 Å². The third kappa shape index (κ3) is 5.63. The minimum absolute atomic E-state index is 0.115. The second-order valence-electron chi connectivity index (χ2n) is 5.53.